The number of nitrogens with two attached hydrogens (primary N) is 1. The molecule has 0 aromatic carbocycles. The molecule has 7 heteroatoms. The van der Waals surface area contributed by atoms with E-state index in [1.807, 2.05) is 20.8 Å². The standard InChI is InChI=1S/C14H25N3O4/c1-4-14(12(19)20)5-7-17(8-6-14)11(18)10(9(2)3)16-13(15)21/h9-10H,4-8H2,1-3H3,(H,19,20)(H3,15,16,21). The molecule has 21 heavy (non-hydrogen) atoms. The molecule has 0 bridgehead atoms. The van der Waals surface area contributed by atoms with Crippen LogP contribution in [0.2, 0.25) is 0 Å². The van der Waals surface area contributed by atoms with E-state index in [0.717, 1.165) is 0 Å². The molecular formula is C14H25N3O4. The van der Waals surface area contributed by atoms with E-state index in [0.29, 0.717) is 32.4 Å². The Hall–Kier alpha value is -1.79. The Morgan fingerprint density at radius 1 is 1.29 bits per heavy atom. The number of rotatable bonds is 5. The molecule has 1 saturated heterocycles. The number of urea groups is 1. The Morgan fingerprint density at radius 3 is 2.14 bits per heavy atom. The number of amides is 3. The van der Waals surface area contributed by atoms with E-state index < -0.39 is 23.5 Å². The molecule has 0 saturated carbocycles. The van der Waals surface area contributed by atoms with Crippen molar-refractivity contribution < 1.29 is 19.5 Å². The summed E-state index contributed by atoms with van der Waals surface area (Å²) in [5.74, 6) is -1.08. The molecular weight excluding hydrogens is 274 g/mol. The molecule has 1 atom stereocenters. The van der Waals surface area contributed by atoms with Crippen LogP contribution in [0.1, 0.15) is 40.0 Å². The number of nitrogens with one attached hydrogen (secondary N) is 1. The van der Waals surface area contributed by atoms with Gasteiger partial charge in [0, 0.05) is 13.1 Å². The highest BCUT2D eigenvalue weighted by Crippen LogP contribution is 2.35. The molecule has 1 aliphatic rings. The lowest BCUT2D eigenvalue weighted by Crippen LogP contribution is -2.55. The van der Waals surface area contributed by atoms with Crippen LogP contribution in [0.3, 0.4) is 0 Å². The molecule has 0 radical (unpaired) electrons. The Bertz CT molecular complexity index is 414. The number of carboxylic acid groups (broad SMARTS) is 1. The lowest BCUT2D eigenvalue weighted by atomic mass is 9.76. The van der Waals surface area contributed by atoms with Crippen LogP contribution in [0.15, 0.2) is 0 Å². The molecule has 0 aliphatic carbocycles. The Morgan fingerprint density at radius 2 is 1.81 bits per heavy atom. The van der Waals surface area contributed by atoms with E-state index in [2.05, 4.69) is 5.32 Å². The first-order valence-corrected chi connectivity index (χ1v) is 7.31. The van der Waals surface area contributed by atoms with Gasteiger partial charge in [-0.15, -0.1) is 0 Å². The number of piperidine rings is 1. The van der Waals surface area contributed by atoms with E-state index >= 15 is 0 Å². The van der Waals surface area contributed by atoms with Crippen LogP contribution in [-0.2, 0) is 9.59 Å². The van der Waals surface area contributed by atoms with Crippen molar-refractivity contribution in [3.8, 4) is 0 Å². The zero-order chi connectivity index (χ0) is 16.2. The number of hydrogen-bond acceptors (Lipinski definition) is 3. The summed E-state index contributed by atoms with van der Waals surface area (Å²) in [5, 5.41) is 11.8. The summed E-state index contributed by atoms with van der Waals surface area (Å²) in [6.45, 7) is 6.30. The van der Waals surface area contributed by atoms with Gasteiger partial charge in [-0.3, -0.25) is 9.59 Å². The average Bonchev–Trinajstić information content (AvgIpc) is 2.43. The van der Waals surface area contributed by atoms with Gasteiger partial charge in [0.25, 0.3) is 0 Å². The number of carbonyl (C=O) groups is 3. The maximum absolute atomic E-state index is 12.5. The van der Waals surface area contributed by atoms with Crippen molar-refractivity contribution >= 4 is 17.9 Å². The average molecular weight is 299 g/mol. The fourth-order valence-electron chi connectivity index (χ4n) is 2.74. The third-order valence-electron chi connectivity index (χ3n) is 4.39. The molecule has 1 unspecified atom stereocenters. The number of carbonyl (C=O) groups excluding carboxylic acids is 2. The number of nitrogens with zero attached hydrogens (tertiary/aromatic N) is 1. The smallest absolute Gasteiger partial charge is 0.312 e. The van der Waals surface area contributed by atoms with Gasteiger partial charge in [0.15, 0.2) is 0 Å². The quantitative estimate of drug-likeness (QED) is 0.696. The highest BCUT2D eigenvalue weighted by Gasteiger charge is 2.42. The maximum Gasteiger partial charge on any atom is 0.312 e. The first-order valence-electron chi connectivity index (χ1n) is 7.31. The minimum Gasteiger partial charge on any atom is -0.481 e. The summed E-state index contributed by atoms with van der Waals surface area (Å²) in [5.41, 5.74) is 4.37. The minimum atomic E-state index is -0.798. The highest BCUT2D eigenvalue weighted by atomic mass is 16.4. The first kappa shape index (κ1) is 17.3. The third kappa shape index (κ3) is 3.86. The minimum absolute atomic E-state index is 0.0812. The summed E-state index contributed by atoms with van der Waals surface area (Å²) < 4.78 is 0. The van der Waals surface area contributed by atoms with E-state index in [1.54, 1.807) is 4.90 Å². The van der Waals surface area contributed by atoms with Crippen LogP contribution in [0.5, 0.6) is 0 Å². The van der Waals surface area contributed by atoms with Gasteiger partial charge < -0.3 is 21.1 Å². The van der Waals surface area contributed by atoms with Crippen LogP contribution in [0.4, 0.5) is 4.79 Å². The molecule has 0 aromatic rings. The Labute approximate surface area is 124 Å². The van der Waals surface area contributed by atoms with Crippen molar-refractivity contribution in [1.82, 2.24) is 10.2 Å². The molecule has 1 aliphatic heterocycles. The van der Waals surface area contributed by atoms with Gasteiger partial charge in [-0.25, -0.2) is 4.79 Å². The van der Waals surface area contributed by atoms with Crippen LogP contribution in [0, 0.1) is 11.3 Å². The summed E-state index contributed by atoms with van der Waals surface area (Å²) >= 11 is 0. The van der Waals surface area contributed by atoms with Gasteiger partial charge in [-0.2, -0.15) is 0 Å². The van der Waals surface area contributed by atoms with Crippen molar-refractivity contribution in [3.63, 3.8) is 0 Å². The molecule has 1 rings (SSSR count). The van der Waals surface area contributed by atoms with Crippen LogP contribution in [0.25, 0.3) is 0 Å². The molecule has 1 heterocycles. The molecule has 7 nitrogen and oxygen atoms in total. The second kappa shape index (κ2) is 6.78. The Balaban J connectivity index is 2.74. The van der Waals surface area contributed by atoms with Crippen LogP contribution in [-0.4, -0.2) is 47.0 Å². The largest absolute Gasteiger partial charge is 0.481 e. The molecule has 1 fully saturated rings. The van der Waals surface area contributed by atoms with Crippen molar-refractivity contribution in [3.05, 3.63) is 0 Å². The summed E-state index contributed by atoms with van der Waals surface area (Å²) in [7, 11) is 0. The van der Waals surface area contributed by atoms with Crippen LogP contribution < -0.4 is 11.1 Å². The van der Waals surface area contributed by atoms with E-state index in [9.17, 15) is 19.5 Å². The SMILES string of the molecule is CCC1(C(=O)O)CCN(C(=O)C(NC(N)=O)C(C)C)CC1. The van der Waals surface area contributed by atoms with Gasteiger partial charge in [-0.05, 0) is 25.2 Å². The zero-order valence-electron chi connectivity index (χ0n) is 12.9. The van der Waals surface area contributed by atoms with Gasteiger partial charge >= 0.3 is 12.0 Å². The van der Waals surface area contributed by atoms with E-state index in [1.165, 1.54) is 0 Å². The van der Waals surface area contributed by atoms with Gasteiger partial charge in [0.05, 0.1) is 5.41 Å². The summed E-state index contributed by atoms with van der Waals surface area (Å²) in [6.07, 6.45) is 1.43. The zero-order valence-corrected chi connectivity index (χ0v) is 12.9. The summed E-state index contributed by atoms with van der Waals surface area (Å²) in [6, 6.07) is -1.39. The second-order valence-corrected chi connectivity index (χ2v) is 5.99. The van der Waals surface area contributed by atoms with Crippen molar-refractivity contribution in [2.45, 2.75) is 46.1 Å². The topological polar surface area (TPSA) is 113 Å². The van der Waals surface area contributed by atoms with Crippen molar-refractivity contribution in [2.24, 2.45) is 17.1 Å². The maximum atomic E-state index is 12.5. The van der Waals surface area contributed by atoms with E-state index in [-0.39, 0.29) is 11.8 Å². The monoisotopic (exact) mass is 299 g/mol. The van der Waals surface area contributed by atoms with Gasteiger partial charge in [0.1, 0.15) is 6.04 Å². The lowest BCUT2D eigenvalue weighted by molar-refractivity contribution is -0.155. The third-order valence-corrected chi connectivity index (χ3v) is 4.39. The van der Waals surface area contributed by atoms with Crippen LogP contribution >= 0.6 is 0 Å². The number of carboxylic acids is 1. The van der Waals surface area contributed by atoms with Gasteiger partial charge in [-0.1, -0.05) is 20.8 Å². The first-order chi connectivity index (χ1) is 9.73. The van der Waals surface area contributed by atoms with E-state index in [4.69, 9.17) is 5.73 Å². The predicted molar refractivity (Wildman–Crippen MR) is 77.5 cm³/mol. The van der Waals surface area contributed by atoms with Crippen molar-refractivity contribution in [2.75, 3.05) is 13.1 Å². The van der Waals surface area contributed by atoms with Gasteiger partial charge in [0.2, 0.25) is 5.91 Å². The second-order valence-electron chi connectivity index (χ2n) is 5.99. The van der Waals surface area contributed by atoms with Crippen molar-refractivity contribution in [1.29, 1.82) is 0 Å². The lowest BCUT2D eigenvalue weighted by Gasteiger charge is -2.40. The number of likely N-dealkylation sites (tertiary alicyclic amines) is 1. The number of aliphatic carboxylic acids is 1. The fraction of sp³-hybridized carbons (Fsp3) is 0.786. The highest BCUT2D eigenvalue weighted by molar-refractivity contribution is 5.87. The Kier molecular flexibility index (Phi) is 5.57. The molecule has 120 valence electrons. The summed E-state index contributed by atoms with van der Waals surface area (Å²) in [4.78, 5) is 36.5. The molecule has 0 aromatic heterocycles. The number of primary amides is 1. The molecule has 4 N–H and O–H groups in total. The normalized spacial score (nSPS) is 19.1. The fourth-order valence-corrected chi connectivity index (χ4v) is 2.74. The molecule has 3 amide bonds. The predicted octanol–water partition coefficient (Wildman–Crippen LogP) is 0.783. The molecule has 0 spiro atoms. The number of hydrogen-bond donors (Lipinski definition) is 3.